The van der Waals surface area contributed by atoms with E-state index in [1.807, 2.05) is 12.1 Å². The number of nitrogens with one attached hydrogen (secondary N) is 1. The van der Waals surface area contributed by atoms with Crippen molar-refractivity contribution in [1.82, 2.24) is 5.43 Å². The van der Waals surface area contributed by atoms with Crippen LogP contribution in [0.15, 0.2) is 52.2 Å². The van der Waals surface area contributed by atoms with Crippen LogP contribution < -0.4 is 5.43 Å². The van der Waals surface area contributed by atoms with Crippen LogP contribution in [0.5, 0.6) is 0 Å². The highest BCUT2D eigenvalue weighted by atomic mass is 35.5. The van der Waals surface area contributed by atoms with Crippen molar-refractivity contribution in [3.63, 3.8) is 0 Å². The summed E-state index contributed by atoms with van der Waals surface area (Å²) < 4.78 is 4.95. The van der Waals surface area contributed by atoms with Crippen LogP contribution in [-0.4, -0.2) is 11.6 Å². The molecule has 0 atom stereocenters. The molecule has 0 saturated heterocycles. The third-order valence-corrected chi connectivity index (χ3v) is 2.58. The molecule has 18 heavy (non-hydrogen) atoms. The van der Waals surface area contributed by atoms with Gasteiger partial charge in [0.25, 0.3) is 0 Å². The van der Waals surface area contributed by atoms with Gasteiger partial charge in [0, 0.05) is 5.02 Å². The number of hydrazone groups is 1. The van der Waals surface area contributed by atoms with Gasteiger partial charge in [-0.2, -0.15) is 5.10 Å². The Hall–Kier alpha value is -2.07. The second-order valence-electron chi connectivity index (χ2n) is 3.62. The molecule has 1 N–H and O–H groups in total. The SMILES string of the molecule is C/C(=N\NC(=O)c1ccco1)c1ccc(Cl)cc1. The Labute approximate surface area is 109 Å². The quantitative estimate of drug-likeness (QED) is 0.683. The molecule has 0 spiro atoms. The van der Waals surface area contributed by atoms with Gasteiger partial charge in [0.15, 0.2) is 5.76 Å². The molecule has 0 saturated carbocycles. The first kappa shape index (κ1) is 12.4. The fraction of sp³-hybridized carbons (Fsp3) is 0.0769. The number of rotatable bonds is 3. The number of hydrogen-bond acceptors (Lipinski definition) is 3. The predicted molar refractivity (Wildman–Crippen MR) is 69.8 cm³/mol. The van der Waals surface area contributed by atoms with Gasteiger partial charge in [-0.25, -0.2) is 5.43 Å². The average molecular weight is 263 g/mol. The van der Waals surface area contributed by atoms with Crippen LogP contribution in [0.4, 0.5) is 0 Å². The lowest BCUT2D eigenvalue weighted by Crippen LogP contribution is -2.18. The molecule has 0 radical (unpaired) electrons. The molecule has 2 aromatic rings. The highest BCUT2D eigenvalue weighted by Crippen LogP contribution is 2.10. The molecule has 1 heterocycles. The van der Waals surface area contributed by atoms with Crippen molar-refractivity contribution in [3.8, 4) is 0 Å². The van der Waals surface area contributed by atoms with Crippen LogP contribution in [0.25, 0.3) is 0 Å². The molecule has 0 aliphatic heterocycles. The van der Waals surface area contributed by atoms with Gasteiger partial charge in [-0.1, -0.05) is 23.7 Å². The zero-order valence-corrected chi connectivity index (χ0v) is 10.4. The molecule has 92 valence electrons. The summed E-state index contributed by atoms with van der Waals surface area (Å²) in [6.07, 6.45) is 1.44. The zero-order valence-electron chi connectivity index (χ0n) is 9.68. The first-order chi connectivity index (χ1) is 8.66. The van der Waals surface area contributed by atoms with E-state index in [9.17, 15) is 4.79 Å². The van der Waals surface area contributed by atoms with Crippen molar-refractivity contribution in [2.45, 2.75) is 6.92 Å². The van der Waals surface area contributed by atoms with E-state index in [1.165, 1.54) is 6.26 Å². The molecular formula is C13H11ClN2O2. The maximum Gasteiger partial charge on any atom is 0.307 e. The number of halogens is 1. The largest absolute Gasteiger partial charge is 0.459 e. The lowest BCUT2D eigenvalue weighted by atomic mass is 10.1. The van der Waals surface area contributed by atoms with Gasteiger partial charge in [0.2, 0.25) is 0 Å². The van der Waals surface area contributed by atoms with Crippen molar-refractivity contribution in [1.29, 1.82) is 0 Å². The summed E-state index contributed by atoms with van der Waals surface area (Å²) in [6, 6.07) is 10.4. The molecule has 1 aromatic carbocycles. The minimum Gasteiger partial charge on any atom is -0.459 e. The summed E-state index contributed by atoms with van der Waals surface area (Å²) in [7, 11) is 0. The Kier molecular flexibility index (Phi) is 3.79. The van der Waals surface area contributed by atoms with Crippen molar-refractivity contribution in [2.24, 2.45) is 5.10 Å². The smallest absolute Gasteiger partial charge is 0.307 e. The summed E-state index contributed by atoms with van der Waals surface area (Å²) in [6.45, 7) is 1.80. The summed E-state index contributed by atoms with van der Waals surface area (Å²) >= 11 is 5.79. The van der Waals surface area contributed by atoms with E-state index < -0.39 is 0 Å². The summed E-state index contributed by atoms with van der Waals surface area (Å²) in [5.74, 6) is -0.157. The van der Waals surface area contributed by atoms with E-state index in [0.29, 0.717) is 10.7 Å². The van der Waals surface area contributed by atoms with Crippen molar-refractivity contribution in [3.05, 3.63) is 59.0 Å². The maximum atomic E-state index is 11.6. The summed E-state index contributed by atoms with van der Waals surface area (Å²) in [5, 5.41) is 4.65. The van der Waals surface area contributed by atoms with Gasteiger partial charge in [-0.15, -0.1) is 0 Å². The van der Waals surface area contributed by atoms with Gasteiger partial charge >= 0.3 is 5.91 Å². The van der Waals surface area contributed by atoms with Crippen LogP contribution in [0, 0.1) is 0 Å². The molecule has 0 aliphatic rings. The number of hydrogen-bond donors (Lipinski definition) is 1. The second kappa shape index (κ2) is 5.51. The van der Waals surface area contributed by atoms with E-state index in [1.54, 1.807) is 31.2 Å². The minimum absolute atomic E-state index is 0.225. The topological polar surface area (TPSA) is 54.6 Å². The lowest BCUT2D eigenvalue weighted by Gasteiger charge is -2.01. The fourth-order valence-corrected chi connectivity index (χ4v) is 1.48. The van der Waals surface area contributed by atoms with E-state index in [-0.39, 0.29) is 11.7 Å². The molecular weight excluding hydrogens is 252 g/mol. The Morgan fingerprint density at radius 1 is 1.28 bits per heavy atom. The number of nitrogens with zero attached hydrogens (tertiary/aromatic N) is 1. The van der Waals surface area contributed by atoms with Crippen LogP contribution >= 0.6 is 11.6 Å². The van der Waals surface area contributed by atoms with Gasteiger partial charge in [0.05, 0.1) is 12.0 Å². The molecule has 2 rings (SSSR count). The number of amides is 1. The van der Waals surface area contributed by atoms with Gasteiger partial charge in [-0.05, 0) is 36.8 Å². The summed E-state index contributed by atoms with van der Waals surface area (Å²) in [5.41, 5.74) is 3.99. The first-order valence-electron chi connectivity index (χ1n) is 5.31. The third kappa shape index (κ3) is 2.99. The van der Waals surface area contributed by atoms with Crippen LogP contribution in [0.2, 0.25) is 5.02 Å². The third-order valence-electron chi connectivity index (χ3n) is 2.33. The van der Waals surface area contributed by atoms with E-state index in [2.05, 4.69) is 10.5 Å². The first-order valence-corrected chi connectivity index (χ1v) is 5.68. The minimum atomic E-state index is -0.381. The molecule has 0 bridgehead atoms. The molecule has 4 nitrogen and oxygen atoms in total. The molecule has 0 unspecified atom stereocenters. The predicted octanol–water partition coefficient (Wildman–Crippen LogP) is 3.09. The molecule has 1 aromatic heterocycles. The maximum absolute atomic E-state index is 11.6. The van der Waals surface area contributed by atoms with Gasteiger partial charge in [-0.3, -0.25) is 4.79 Å². The number of furan rings is 1. The van der Waals surface area contributed by atoms with E-state index >= 15 is 0 Å². The molecule has 5 heteroatoms. The zero-order chi connectivity index (χ0) is 13.0. The lowest BCUT2D eigenvalue weighted by molar-refractivity contribution is 0.0927. The van der Waals surface area contributed by atoms with Crippen molar-refractivity contribution in [2.75, 3.05) is 0 Å². The highest BCUT2D eigenvalue weighted by molar-refractivity contribution is 6.30. The average Bonchev–Trinajstić information content (AvgIpc) is 2.90. The molecule has 1 amide bonds. The Morgan fingerprint density at radius 2 is 2.00 bits per heavy atom. The second-order valence-corrected chi connectivity index (χ2v) is 4.06. The Morgan fingerprint density at radius 3 is 2.61 bits per heavy atom. The normalized spacial score (nSPS) is 11.3. The van der Waals surface area contributed by atoms with Crippen molar-refractivity contribution < 1.29 is 9.21 Å². The number of carbonyl (C=O) groups is 1. The van der Waals surface area contributed by atoms with Crippen LogP contribution in [0.1, 0.15) is 23.0 Å². The fourth-order valence-electron chi connectivity index (χ4n) is 1.35. The monoisotopic (exact) mass is 262 g/mol. The van der Waals surface area contributed by atoms with Crippen LogP contribution in [-0.2, 0) is 0 Å². The van der Waals surface area contributed by atoms with E-state index in [0.717, 1.165) is 5.56 Å². The molecule has 0 aliphatic carbocycles. The van der Waals surface area contributed by atoms with Gasteiger partial charge < -0.3 is 4.42 Å². The summed E-state index contributed by atoms with van der Waals surface area (Å²) in [4.78, 5) is 11.6. The standard InChI is InChI=1S/C13H11ClN2O2/c1-9(10-4-6-11(14)7-5-10)15-16-13(17)12-3-2-8-18-12/h2-8H,1H3,(H,16,17)/b15-9+. The van der Waals surface area contributed by atoms with Crippen molar-refractivity contribution >= 4 is 23.2 Å². The van der Waals surface area contributed by atoms with Crippen LogP contribution in [0.3, 0.4) is 0 Å². The van der Waals surface area contributed by atoms with E-state index in [4.69, 9.17) is 16.0 Å². The molecule has 0 fully saturated rings. The highest BCUT2D eigenvalue weighted by Gasteiger charge is 2.07. The Bertz CT molecular complexity index is 559. The number of carbonyl (C=O) groups excluding carboxylic acids is 1. The number of benzene rings is 1. The van der Waals surface area contributed by atoms with Gasteiger partial charge in [0.1, 0.15) is 0 Å². The Balaban J connectivity index is 2.05.